The molecule has 9 heteroatoms. The van der Waals surface area contributed by atoms with E-state index in [2.05, 4.69) is 15.3 Å². The molecule has 0 saturated carbocycles. The van der Waals surface area contributed by atoms with Gasteiger partial charge in [-0.25, -0.2) is 14.4 Å². The fourth-order valence-electron chi connectivity index (χ4n) is 3.01. The molecule has 0 bridgehead atoms. The van der Waals surface area contributed by atoms with Crippen molar-refractivity contribution in [3.63, 3.8) is 0 Å². The van der Waals surface area contributed by atoms with Crippen molar-refractivity contribution >= 4 is 52.4 Å². The van der Waals surface area contributed by atoms with Crippen molar-refractivity contribution in [2.24, 2.45) is 0 Å². The van der Waals surface area contributed by atoms with E-state index < -0.39 is 11.7 Å². The molecule has 2 heterocycles. The summed E-state index contributed by atoms with van der Waals surface area (Å²) in [6.07, 6.45) is 5.73. The Morgan fingerprint density at radius 1 is 1.10 bits per heavy atom. The van der Waals surface area contributed by atoms with Crippen LogP contribution in [0.2, 0.25) is 10.0 Å². The molecule has 1 fully saturated rings. The van der Waals surface area contributed by atoms with Crippen molar-refractivity contribution in [2.75, 3.05) is 21.9 Å². The van der Waals surface area contributed by atoms with Crippen molar-refractivity contribution in [2.45, 2.75) is 6.42 Å². The van der Waals surface area contributed by atoms with E-state index in [1.165, 1.54) is 12.4 Å². The predicted octanol–water partition coefficient (Wildman–Crippen LogP) is 5.70. The molecule has 1 aliphatic heterocycles. The minimum absolute atomic E-state index is 0.0683. The molecular formula is C20H15Cl2FN4OS. The van der Waals surface area contributed by atoms with E-state index in [0.29, 0.717) is 16.4 Å². The predicted molar refractivity (Wildman–Crippen MR) is 116 cm³/mol. The number of nitrogens with one attached hydrogen (secondary N) is 1. The molecule has 148 valence electrons. The van der Waals surface area contributed by atoms with E-state index in [4.69, 9.17) is 23.2 Å². The van der Waals surface area contributed by atoms with Crippen LogP contribution in [0.15, 0.2) is 49.1 Å². The maximum absolute atomic E-state index is 14.4. The lowest BCUT2D eigenvalue weighted by atomic mass is 10.1. The van der Waals surface area contributed by atoms with Crippen molar-refractivity contribution < 1.29 is 9.18 Å². The summed E-state index contributed by atoms with van der Waals surface area (Å²) >= 11 is 13.9. The summed E-state index contributed by atoms with van der Waals surface area (Å²) in [7, 11) is 0. The van der Waals surface area contributed by atoms with Crippen molar-refractivity contribution in [3.05, 3.63) is 70.5 Å². The molecule has 1 aromatic heterocycles. The number of anilines is 2. The maximum Gasteiger partial charge on any atom is 0.257 e. The second-order valence-electron chi connectivity index (χ2n) is 6.39. The topological polar surface area (TPSA) is 58.1 Å². The van der Waals surface area contributed by atoms with Crippen molar-refractivity contribution in [1.29, 1.82) is 0 Å². The lowest BCUT2D eigenvalue weighted by Crippen LogP contribution is -2.15. The molecule has 1 saturated heterocycles. The van der Waals surface area contributed by atoms with Gasteiger partial charge in [-0.1, -0.05) is 23.2 Å². The number of hydrogen-bond donors (Lipinski definition) is 1. The Kier molecular flexibility index (Phi) is 5.89. The van der Waals surface area contributed by atoms with Crippen LogP contribution in [0.1, 0.15) is 16.8 Å². The number of hydrogen-bond acceptors (Lipinski definition) is 5. The zero-order chi connectivity index (χ0) is 20.4. The number of nitrogens with zero attached hydrogens (tertiary/aromatic N) is 3. The first kappa shape index (κ1) is 19.9. The Balaban J connectivity index is 1.64. The monoisotopic (exact) mass is 448 g/mol. The fraction of sp³-hybridized carbons (Fsp3) is 0.150. The van der Waals surface area contributed by atoms with E-state index in [9.17, 15) is 9.18 Å². The van der Waals surface area contributed by atoms with E-state index in [0.717, 1.165) is 29.8 Å². The number of benzene rings is 2. The van der Waals surface area contributed by atoms with E-state index in [1.807, 2.05) is 4.31 Å². The second kappa shape index (κ2) is 8.57. The highest BCUT2D eigenvalue weighted by atomic mass is 35.5. The molecule has 0 atom stereocenters. The van der Waals surface area contributed by atoms with Crippen molar-refractivity contribution in [1.82, 2.24) is 9.97 Å². The number of halogens is 3. The van der Waals surface area contributed by atoms with Crippen LogP contribution in [0.4, 0.5) is 15.8 Å². The van der Waals surface area contributed by atoms with E-state index in [1.54, 1.807) is 48.6 Å². The Bertz CT molecular complexity index is 1060. The molecule has 1 amide bonds. The zero-order valence-corrected chi connectivity index (χ0v) is 17.4. The minimum Gasteiger partial charge on any atom is -0.322 e. The summed E-state index contributed by atoms with van der Waals surface area (Å²) in [6, 6.07) is 8.05. The van der Waals surface area contributed by atoms with Gasteiger partial charge in [-0.2, -0.15) is 0 Å². The van der Waals surface area contributed by atoms with Crippen LogP contribution in [0.25, 0.3) is 11.1 Å². The first-order valence-electron chi connectivity index (χ1n) is 8.78. The van der Waals surface area contributed by atoms with Gasteiger partial charge in [0, 0.05) is 41.0 Å². The van der Waals surface area contributed by atoms with Crippen LogP contribution in [0.3, 0.4) is 0 Å². The molecule has 29 heavy (non-hydrogen) atoms. The minimum atomic E-state index is -0.630. The number of aromatic nitrogens is 2. The highest BCUT2D eigenvalue weighted by Gasteiger charge is 2.21. The summed E-state index contributed by atoms with van der Waals surface area (Å²) in [6.45, 7) is 0.795. The van der Waals surface area contributed by atoms with Crippen LogP contribution in [-0.2, 0) is 0 Å². The van der Waals surface area contributed by atoms with Crippen LogP contribution < -0.4 is 9.62 Å². The Hall–Kier alpha value is -2.35. The summed E-state index contributed by atoms with van der Waals surface area (Å²) in [5.74, 6) is -0.187. The number of carbonyl (C=O) groups excluding carboxylic acids is 1. The average Bonchev–Trinajstić information content (AvgIpc) is 3.25. The molecule has 4 rings (SSSR count). The molecule has 3 aromatic rings. The SMILES string of the molecule is O=C(Nc1cc(Cl)cc(-c2cncnc2)c1)c1cc(N2CCCS2)cc(F)c1Cl. The lowest BCUT2D eigenvalue weighted by Gasteiger charge is -2.18. The average molecular weight is 449 g/mol. The molecular weight excluding hydrogens is 434 g/mol. The van der Waals surface area contributed by atoms with Gasteiger partial charge in [0.1, 0.15) is 12.1 Å². The second-order valence-corrected chi connectivity index (χ2v) is 8.31. The molecule has 0 spiro atoms. The van der Waals surface area contributed by atoms with Gasteiger partial charge >= 0.3 is 0 Å². The zero-order valence-electron chi connectivity index (χ0n) is 15.0. The number of rotatable bonds is 4. The van der Waals surface area contributed by atoms with Crippen LogP contribution in [-0.4, -0.2) is 28.2 Å². The summed E-state index contributed by atoms with van der Waals surface area (Å²) < 4.78 is 16.3. The van der Waals surface area contributed by atoms with Gasteiger partial charge in [0.25, 0.3) is 5.91 Å². The van der Waals surface area contributed by atoms with Gasteiger partial charge in [0.15, 0.2) is 0 Å². The highest BCUT2D eigenvalue weighted by molar-refractivity contribution is 8.00. The summed E-state index contributed by atoms with van der Waals surface area (Å²) in [5, 5.41) is 2.97. The Morgan fingerprint density at radius 2 is 1.90 bits per heavy atom. The van der Waals surface area contributed by atoms with Gasteiger partial charge in [0.05, 0.1) is 16.3 Å². The van der Waals surface area contributed by atoms with Crippen LogP contribution in [0, 0.1) is 5.82 Å². The molecule has 5 nitrogen and oxygen atoms in total. The first-order chi connectivity index (χ1) is 14.0. The van der Waals surface area contributed by atoms with Gasteiger partial charge in [-0.3, -0.25) is 4.79 Å². The third-order valence-corrected chi connectivity index (χ3v) is 6.13. The lowest BCUT2D eigenvalue weighted by molar-refractivity contribution is 0.102. The quantitative estimate of drug-likeness (QED) is 0.518. The van der Waals surface area contributed by atoms with Crippen LogP contribution in [0.5, 0.6) is 0 Å². The largest absolute Gasteiger partial charge is 0.322 e. The Labute approximate surface area is 181 Å². The maximum atomic E-state index is 14.4. The number of amides is 1. The third-order valence-electron chi connectivity index (χ3n) is 4.35. The normalized spacial score (nSPS) is 13.6. The standard InChI is InChI=1S/C20H15Cl2FN4OS/c21-14-4-12(13-9-24-11-25-10-13)5-15(6-14)26-20(28)17-7-16(8-18(23)19(17)22)27-2-1-3-29-27/h4-11H,1-3H2,(H,26,28). The van der Waals surface area contributed by atoms with Crippen molar-refractivity contribution in [3.8, 4) is 11.1 Å². The summed E-state index contributed by atoms with van der Waals surface area (Å²) in [5.41, 5.74) is 2.64. The molecule has 0 radical (unpaired) electrons. The van der Waals surface area contributed by atoms with Gasteiger partial charge in [-0.15, -0.1) is 0 Å². The molecule has 0 unspecified atom stereocenters. The highest BCUT2D eigenvalue weighted by Crippen LogP contribution is 2.34. The Morgan fingerprint density at radius 3 is 2.62 bits per heavy atom. The van der Waals surface area contributed by atoms with Gasteiger partial charge < -0.3 is 9.62 Å². The van der Waals surface area contributed by atoms with Gasteiger partial charge in [0.2, 0.25) is 0 Å². The molecule has 2 aromatic carbocycles. The summed E-state index contributed by atoms with van der Waals surface area (Å²) in [4.78, 5) is 20.8. The third kappa shape index (κ3) is 4.47. The smallest absolute Gasteiger partial charge is 0.257 e. The van der Waals surface area contributed by atoms with Crippen LogP contribution >= 0.6 is 35.1 Å². The molecule has 0 aliphatic carbocycles. The first-order valence-corrected chi connectivity index (χ1v) is 10.5. The molecule has 1 aliphatic rings. The molecule has 1 N–H and O–H groups in total. The van der Waals surface area contributed by atoms with Gasteiger partial charge in [-0.05, 0) is 54.3 Å². The van der Waals surface area contributed by atoms with E-state index >= 15 is 0 Å². The number of carbonyl (C=O) groups is 1. The fourth-order valence-corrected chi connectivity index (χ4v) is 4.43. The van der Waals surface area contributed by atoms with E-state index in [-0.39, 0.29) is 10.6 Å².